The molecule has 0 N–H and O–H groups in total. The topological polar surface area (TPSA) is 60.4 Å². The third-order valence-corrected chi connectivity index (χ3v) is 5.61. The molecule has 0 aliphatic rings. The summed E-state index contributed by atoms with van der Waals surface area (Å²) in [6, 6.07) is 16.8. The van der Waals surface area contributed by atoms with Gasteiger partial charge in [-0.25, -0.2) is 4.39 Å². The van der Waals surface area contributed by atoms with Crippen LogP contribution >= 0.6 is 22.9 Å². The Morgan fingerprint density at radius 3 is 2.62 bits per heavy atom. The van der Waals surface area contributed by atoms with Gasteiger partial charge in [0.15, 0.2) is 5.82 Å². The van der Waals surface area contributed by atoms with Crippen LogP contribution in [-0.2, 0) is 0 Å². The second-order valence-electron chi connectivity index (χ2n) is 6.23. The molecule has 0 spiro atoms. The summed E-state index contributed by atoms with van der Waals surface area (Å²) >= 11 is 7.41. The van der Waals surface area contributed by atoms with Crippen LogP contribution in [-0.4, -0.2) is 14.6 Å². The van der Waals surface area contributed by atoms with E-state index >= 15 is 0 Å². The fourth-order valence-corrected chi connectivity index (χ4v) is 4.04. The maximum atomic E-state index is 13.1. The summed E-state index contributed by atoms with van der Waals surface area (Å²) in [5.74, 6) is 1.18. The molecule has 5 nitrogen and oxygen atoms in total. The van der Waals surface area contributed by atoms with Crippen LogP contribution in [0.3, 0.4) is 0 Å². The minimum Gasteiger partial charge on any atom is -0.457 e. The number of benzene rings is 2. The van der Waals surface area contributed by atoms with Gasteiger partial charge in [0.2, 0.25) is 4.96 Å². The Kier molecular flexibility index (Phi) is 4.26. The summed E-state index contributed by atoms with van der Waals surface area (Å²) in [6.45, 7) is 0. The first kappa shape index (κ1) is 17.8. The zero-order valence-electron chi connectivity index (χ0n) is 14.7. The van der Waals surface area contributed by atoms with Crippen molar-refractivity contribution in [2.75, 3.05) is 0 Å². The molecule has 0 aliphatic heterocycles. The van der Waals surface area contributed by atoms with Gasteiger partial charge in [-0.1, -0.05) is 35.1 Å². The van der Waals surface area contributed by atoms with Crippen LogP contribution in [0, 0.1) is 5.82 Å². The highest BCUT2D eigenvalue weighted by atomic mass is 35.5. The highest BCUT2D eigenvalue weighted by Gasteiger charge is 2.13. The molecular formula is C21H11ClFN3O2S. The van der Waals surface area contributed by atoms with E-state index < -0.39 is 0 Å². The molecule has 142 valence electrons. The van der Waals surface area contributed by atoms with Gasteiger partial charge in [0.05, 0.1) is 5.02 Å². The molecule has 8 heteroatoms. The summed E-state index contributed by atoms with van der Waals surface area (Å²) in [5, 5.41) is 4.84. The highest BCUT2D eigenvalue weighted by molar-refractivity contribution is 7.15. The molecule has 5 aromatic rings. The molecule has 0 aliphatic carbocycles. The van der Waals surface area contributed by atoms with Gasteiger partial charge in [0.25, 0.3) is 5.56 Å². The van der Waals surface area contributed by atoms with Crippen LogP contribution < -0.4 is 10.1 Å². The monoisotopic (exact) mass is 423 g/mol. The Hall–Kier alpha value is -3.29. The zero-order valence-corrected chi connectivity index (χ0v) is 16.2. The van der Waals surface area contributed by atoms with Crippen LogP contribution in [0.1, 0.15) is 5.76 Å². The number of furan rings is 1. The van der Waals surface area contributed by atoms with E-state index in [9.17, 15) is 9.18 Å². The fourth-order valence-electron chi connectivity index (χ4n) is 2.92. The maximum absolute atomic E-state index is 13.1. The summed E-state index contributed by atoms with van der Waals surface area (Å²) in [4.78, 5) is 17.5. The highest BCUT2D eigenvalue weighted by Crippen LogP contribution is 2.29. The molecule has 0 saturated carbocycles. The van der Waals surface area contributed by atoms with Crippen molar-refractivity contribution in [2.45, 2.75) is 0 Å². The first-order chi connectivity index (χ1) is 14.1. The molecular weight excluding hydrogens is 413 g/mol. The van der Waals surface area contributed by atoms with E-state index in [2.05, 4.69) is 10.1 Å². The Balaban J connectivity index is 1.53. The Labute approximate surface area is 172 Å². The second kappa shape index (κ2) is 6.95. The zero-order chi connectivity index (χ0) is 20.0. The molecule has 0 unspecified atom stereocenters. The lowest BCUT2D eigenvalue weighted by molar-refractivity contribution is 0.571. The first-order valence-electron chi connectivity index (χ1n) is 8.60. The number of thiazole rings is 1. The fraction of sp³-hybridized carbons (Fsp3) is 0. The molecule has 0 amide bonds. The van der Waals surface area contributed by atoms with E-state index in [4.69, 9.17) is 16.0 Å². The number of nitrogens with zero attached hydrogens (tertiary/aromatic N) is 3. The van der Waals surface area contributed by atoms with Gasteiger partial charge in [-0.15, -0.1) is 5.10 Å². The molecule has 5 rings (SSSR count). The van der Waals surface area contributed by atoms with Crippen molar-refractivity contribution < 1.29 is 8.81 Å². The molecule has 0 atom stereocenters. The van der Waals surface area contributed by atoms with Crippen LogP contribution in [0.2, 0.25) is 5.02 Å². The van der Waals surface area contributed by atoms with Crippen LogP contribution in [0.4, 0.5) is 4.39 Å². The predicted molar refractivity (Wildman–Crippen MR) is 110 cm³/mol. The van der Waals surface area contributed by atoms with Gasteiger partial charge in [-0.05, 0) is 48.5 Å². The Morgan fingerprint density at radius 2 is 1.86 bits per heavy atom. The van der Waals surface area contributed by atoms with Gasteiger partial charge < -0.3 is 4.42 Å². The molecule has 0 radical (unpaired) electrons. The largest absolute Gasteiger partial charge is 0.457 e. The molecule has 3 heterocycles. The van der Waals surface area contributed by atoms with E-state index in [-0.39, 0.29) is 11.4 Å². The van der Waals surface area contributed by atoms with E-state index in [0.717, 1.165) is 5.56 Å². The van der Waals surface area contributed by atoms with E-state index in [0.29, 0.717) is 37.4 Å². The number of halogens is 2. The molecule has 0 saturated heterocycles. The quantitative estimate of drug-likeness (QED) is 0.431. The molecule has 3 aromatic heterocycles. The smallest absolute Gasteiger partial charge is 0.291 e. The Morgan fingerprint density at radius 1 is 1.07 bits per heavy atom. The molecule has 29 heavy (non-hydrogen) atoms. The number of fused-ring (bicyclic) bond motifs is 1. The molecule has 0 bridgehead atoms. The average Bonchev–Trinajstić information content (AvgIpc) is 3.41. The third kappa shape index (κ3) is 3.24. The standard InChI is InChI=1S/C21H11ClFN3O2S/c22-16-4-2-1-3-15(16)17-10-9-14(28-17)11-18-20(27)26-21(29-18)24-19(25-26)12-5-7-13(23)8-6-12/h1-11H/b18-11-. The normalized spacial score (nSPS) is 12.1. The lowest BCUT2D eigenvalue weighted by Gasteiger charge is -1.98. The van der Waals surface area contributed by atoms with Crippen molar-refractivity contribution in [1.29, 1.82) is 0 Å². The number of hydrogen-bond donors (Lipinski definition) is 0. The van der Waals surface area contributed by atoms with Gasteiger partial charge in [-0.3, -0.25) is 4.79 Å². The van der Waals surface area contributed by atoms with Crippen molar-refractivity contribution in [3.8, 4) is 22.7 Å². The van der Waals surface area contributed by atoms with Gasteiger partial charge in [0, 0.05) is 17.2 Å². The minimum absolute atomic E-state index is 0.290. The van der Waals surface area contributed by atoms with Crippen LogP contribution in [0.15, 0.2) is 69.9 Å². The van der Waals surface area contributed by atoms with E-state index in [1.165, 1.54) is 28.0 Å². The maximum Gasteiger partial charge on any atom is 0.291 e. The number of aromatic nitrogens is 3. The van der Waals surface area contributed by atoms with Gasteiger partial charge in [0.1, 0.15) is 21.9 Å². The van der Waals surface area contributed by atoms with Crippen molar-refractivity contribution in [3.05, 3.63) is 92.1 Å². The summed E-state index contributed by atoms with van der Waals surface area (Å²) in [5.41, 5.74) is 1.13. The molecule has 0 fully saturated rings. The van der Waals surface area contributed by atoms with Crippen LogP contribution in [0.25, 0.3) is 33.7 Å². The van der Waals surface area contributed by atoms with Crippen molar-refractivity contribution >= 4 is 34.0 Å². The third-order valence-electron chi connectivity index (χ3n) is 4.32. The van der Waals surface area contributed by atoms with Gasteiger partial charge in [-0.2, -0.15) is 9.50 Å². The minimum atomic E-state index is -0.342. The predicted octanol–water partition coefficient (Wildman–Crippen LogP) is 4.42. The lowest BCUT2D eigenvalue weighted by atomic mass is 10.2. The molecule has 2 aromatic carbocycles. The van der Waals surface area contributed by atoms with Crippen molar-refractivity contribution in [2.24, 2.45) is 0 Å². The van der Waals surface area contributed by atoms with Gasteiger partial charge >= 0.3 is 0 Å². The number of hydrogen-bond acceptors (Lipinski definition) is 5. The summed E-state index contributed by atoms with van der Waals surface area (Å²) in [7, 11) is 0. The average molecular weight is 424 g/mol. The van der Waals surface area contributed by atoms with E-state index in [1.807, 2.05) is 18.2 Å². The van der Waals surface area contributed by atoms with Crippen molar-refractivity contribution in [1.82, 2.24) is 14.6 Å². The van der Waals surface area contributed by atoms with E-state index in [1.54, 1.807) is 36.4 Å². The lowest BCUT2D eigenvalue weighted by Crippen LogP contribution is -2.23. The van der Waals surface area contributed by atoms with Crippen LogP contribution in [0.5, 0.6) is 0 Å². The second-order valence-corrected chi connectivity index (χ2v) is 7.65. The summed E-state index contributed by atoms with van der Waals surface area (Å²) in [6.07, 6.45) is 1.65. The number of rotatable bonds is 3. The Bertz CT molecular complexity index is 1450. The first-order valence-corrected chi connectivity index (χ1v) is 9.80. The SMILES string of the molecule is O=c1/c(=C/c2ccc(-c3ccccc3Cl)o2)sc2nc(-c3ccc(F)cc3)nn12. The summed E-state index contributed by atoms with van der Waals surface area (Å²) < 4.78 is 20.6. The van der Waals surface area contributed by atoms with Crippen molar-refractivity contribution in [3.63, 3.8) is 0 Å².